The van der Waals surface area contributed by atoms with Crippen LogP contribution in [0.4, 0.5) is 0 Å². The van der Waals surface area contributed by atoms with Gasteiger partial charge in [0.2, 0.25) is 10.0 Å². The zero-order chi connectivity index (χ0) is 17.1. The Kier molecular flexibility index (Phi) is 4.01. The smallest absolute Gasteiger partial charge is 0.211 e. The van der Waals surface area contributed by atoms with Gasteiger partial charge in [-0.25, -0.2) is 8.42 Å². The normalized spacial score (nSPS) is 31.2. The monoisotopic (exact) mass is 348 g/mol. The van der Waals surface area contributed by atoms with Crippen molar-refractivity contribution in [3.05, 3.63) is 34.4 Å². The molecule has 0 aliphatic carbocycles. The van der Waals surface area contributed by atoms with Gasteiger partial charge in [0.15, 0.2) is 0 Å². The molecule has 132 valence electrons. The molecular formula is C19H28N2O2S. The Morgan fingerprint density at radius 3 is 2.62 bits per heavy atom. The molecular weight excluding hydrogens is 320 g/mol. The zero-order valence-electron chi connectivity index (χ0n) is 15.0. The summed E-state index contributed by atoms with van der Waals surface area (Å²) < 4.78 is 26.3. The molecule has 5 heteroatoms. The lowest BCUT2D eigenvalue weighted by Crippen LogP contribution is -2.57. The van der Waals surface area contributed by atoms with Crippen LogP contribution in [0.25, 0.3) is 0 Å². The molecule has 1 aromatic carbocycles. The number of benzene rings is 1. The first kappa shape index (κ1) is 16.6. The zero-order valence-corrected chi connectivity index (χ0v) is 15.8. The maximum Gasteiger partial charge on any atom is 0.211 e. The van der Waals surface area contributed by atoms with Crippen LogP contribution in [-0.2, 0) is 16.4 Å². The second-order valence-corrected chi connectivity index (χ2v) is 9.91. The van der Waals surface area contributed by atoms with Gasteiger partial charge in [-0.3, -0.25) is 4.90 Å². The van der Waals surface area contributed by atoms with Crippen molar-refractivity contribution in [3.8, 4) is 0 Å². The summed E-state index contributed by atoms with van der Waals surface area (Å²) in [7, 11) is -3.11. The standard InChI is InChI=1S/C19H28N2O2S/c1-13-9-15-6-8-20-12-16-5-4-7-21(24(3,22)23)18(16)11-19(20)17(15)10-14(13)2/h9-10,16,18-19H,4-8,11-12H2,1-3H3/t16-,18+,19-/m1/s1. The maximum absolute atomic E-state index is 12.3. The summed E-state index contributed by atoms with van der Waals surface area (Å²) in [5.41, 5.74) is 5.63. The van der Waals surface area contributed by atoms with E-state index in [-0.39, 0.29) is 6.04 Å². The molecule has 0 bridgehead atoms. The summed E-state index contributed by atoms with van der Waals surface area (Å²) >= 11 is 0. The molecule has 3 atom stereocenters. The van der Waals surface area contributed by atoms with Gasteiger partial charge >= 0.3 is 0 Å². The van der Waals surface area contributed by atoms with Crippen molar-refractivity contribution in [1.82, 2.24) is 9.21 Å². The molecule has 24 heavy (non-hydrogen) atoms. The summed E-state index contributed by atoms with van der Waals surface area (Å²) in [6, 6.07) is 5.28. The Morgan fingerprint density at radius 1 is 1.12 bits per heavy atom. The van der Waals surface area contributed by atoms with Crippen LogP contribution >= 0.6 is 0 Å². The lowest BCUT2D eigenvalue weighted by atomic mass is 9.77. The van der Waals surface area contributed by atoms with E-state index in [1.807, 2.05) is 0 Å². The van der Waals surface area contributed by atoms with Gasteiger partial charge in [0.25, 0.3) is 0 Å². The molecule has 2 fully saturated rings. The predicted molar refractivity (Wildman–Crippen MR) is 96.6 cm³/mol. The molecule has 4 rings (SSSR count). The minimum Gasteiger partial charge on any atom is -0.296 e. The van der Waals surface area contributed by atoms with E-state index >= 15 is 0 Å². The largest absolute Gasteiger partial charge is 0.296 e. The number of hydrogen-bond acceptors (Lipinski definition) is 3. The van der Waals surface area contributed by atoms with Crippen LogP contribution in [0.2, 0.25) is 0 Å². The van der Waals surface area contributed by atoms with Crippen LogP contribution < -0.4 is 0 Å². The highest BCUT2D eigenvalue weighted by Gasteiger charge is 2.44. The van der Waals surface area contributed by atoms with Gasteiger partial charge in [-0.2, -0.15) is 4.31 Å². The van der Waals surface area contributed by atoms with Crippen LogP contribution in [0.3, 0.4) is 0 Å². The van der Waals surface area contributed by atoms with Crippen molar-refractivity contribution < 1.29 is 8.42 Å². The van der Waals surface area contributed by atoms with Gasteiger partial charge in [0, 0.05) is 31.7 Å². The fraction of sp³-hybridized carbons (Fsp3) is 0.684. The first-order chi connectivity index (χ1) is 11.3. The molecule has 2 saturated heterocycles. The van der Waals surface area contributed by atoms with Gasteiger partial charge in [-0.05, 0) is 67.7 Å². The van der Waals surface area contributed by atoms with E-state index in [9.17, 15) is 8.42 Å². The van der Waals surface area contributed by atoms with E-state index in [2.05, 4.69) is 30.9 Å². The minimum absolute atomic E-state index is 0.183. The molecule has 0 radical (unpaired) electrons. The molecule has 3 aliphatic rings. The second kappa shape index (κ2) is 5.82. The van der Waals surface area contributed by atoms with Gasteiger partial charge in [0.05, 0.1) is 6.26 Å². The van der Waals surface area contributed by atoms with E-state index in [0.29, 0.717) is 18.5 Å². The Labute approximate surface area is 145 Å². The summed E-state index contributed by atoms with van der Waals surface area (Å²) in [6.45, 7) is 7.23. The molecule has 0 spiro atoms. The Morgan fingerprint density at radius 2 is 1.88 bits per heavy atom. The Balaban J connectivity index is 1.70. The van der Waals surface area contributed by atoms with Crippen molar-refractivity contribution in [2.75, 3.05) is 25.9 Å². The number of aryl methyl sites for hydroxylation is 2. The second-order valence-electron chi connectivity index (χ2n) is 7.98. The molecule has 0 unspecified atom stereocenters. The fourth-order valence-corrected chi connectivity index (χ4v) is 6.31. The highest BCUT2D eigenvalue weighted by molar-refractivity contribution is 7.88. The molecule has 0 amide bonds. The number of fused-ring (bicyclic) bond motifs is 4. The SMILES string of the molecule is Cc1cc2c(cc1C)[C@H]1C[C@H]3[C@H](CCCN3S(C)(=O)=O)CN1CC2. The van der Waals surface area contributed by atoms with Crippen LogP contribution in [-0.4, -0.2) is 49.6 Å². The van der Waals surface area contributed by atoms with Crippen LogP contribution in [0.15, 0.2) is 12.1 Å². The molecule has 3 heterocycles. The lowest BCUT2D eigenvalue weighted by molar-refractivity contribution is 0.0222. The molecule has 1 aromatic rings. The summed E-state index contributed by atoms with van der Waals surface area (Å²) in [6.07, 6.45) is 5.62. The third-order valence-corrected chi connectivity index (χ3v) is 7.76. The van der Waals surface area contributed by atoms with Crippen molar-refractivity contribution >= 4 is 10.0 Å². The first-order valence-electron chi connectivity index (χ1n) is 9.15. The number of nitrogens with zero attached hydrogens (tertiary/aromatic N) is 2. The average molecular weight is 349 g/mol. The quantitative estimate of drug-likeness (QED) is 0.783. The van der Waals surface area contributed by atoms with Crippen molar-refractivity contribution in [2.24, 2.45) is 5.92 Å². The summed E-state index contributed by atoms with van der Waals surface area (Å²) in [5, 5.41) is 0. The summed E-state index contributed by atoms with van der Waals surface area (Å²) in [4.78, 5) is 2.62. The van der Waals surface area contributed by atoms with E-state index in [4.69, 9.17) is 0 Å². The van der Waals surface area contributed by atoms with Gasteiger partial charge in [-0.1, -0.05) is 12.1 Å². The average Bonchev–Trinajstić information content (AvgIpc) is 2.53. The third kappa shape index (κ3) is 2.71. The summed E-state index contributed by atoms with van der Waals surface area (Å²) in [5.74, 6) is 0.498. The first-order valence-corrected chi connectivity index (χ1v) is 11.0. The highest BCUT2D eigenvalue weighted by Crippen LogP contribution is 2.43. The molecule has 0 aromatic heterocycles. The van der Waals surface area contributed by atoms with Crippen molar-refractivity contribution in [1.29, 1.82) is 0 Å². The maximum atomic E-state index is 12.3. The molecule has 3 aliphatic heterocycles. The number of hydrogen-bond donors (Lipinski definition) is 0. The van der Waals surface area contributed by atoms with Crippen LogP contribution in [0.1, 0.15) is 47.6 Å². The van der Waals surface area contributed by atoms with Gasteiger partial charge in [0.1, 0.15) is 0 Å². The predicted octanol–water partition coefficient (Wildman–Crippen LogP) is 2.65. The van der Waals surface area contributed by atoms with Gasteiger partial charge in [-0.15, -0.1) is 0 Å². The fourth-order valence-electron chi connectivity index (χ4n) is 5.10. The Bertz CT molecular complexity index is 759. The molecule has 4 nitrogen and oxygen atoms in total. The number of piperidine rings is 2. The Hall–Kier alpha value is -0.910. The minimum atomic E-state index is -3.11. The molecule has 0 saturated carbocycles. The molecule has 0 N–H and O–H groups in total. The van der Waals surface area contributed by atoms with Crippen LogP contribution in [0.5, 0.6) is 0 Å². The number of sulfonamides is 1. The highest BCUT2D eigenvalue weighted by atomic mass is 32.2. The third-order valence-electron chi connectivity index (χ3n) is 6.45. The van der Waals surface area contributed by atoms with Crippen LogP contribution in [0, 0.1) is 19.8 Å². The number of rotatable bonds is 1. The van der Waals surface area contributed by atoms with Crippen molar-refractivity contribution in [3.63, 3.8) is 0 Å². The topological polar surface area (TPSA) is 40.6 Å². The van der Waals surface area contributed by atoms with E-state index < -0.39 is 10.0 Å². The van der Waals surface area contributed by atoms with Gasteiger partial charge < -0.3 is 0 Å². The lowest BCUT2D eigenvalue weighted by Gasteiger charge is -2.51. The van der Waals surface area contributed by atoms with E-state index in [1.165, 1.54) is 34.9 Å². The van der Waals surface area contributed by atoms with Crippen molar-refractivity contribution in [2.45, 2.75) is 51.6 Å². The van der Waals surface area contributed by atoms with E-state index in [0.717, 1.165) is 32.4 Å². The van der Waals surface area contributed by atoms with E-state index in [1.54, 1.807) is 4.31 Å².